The van der Waals surface area contributed by atoms with Gasteiger partial charge in [0, 0.05) is 37.6 Å². The maximum absolute atomic E-state index is 4.12. The molecule has 3 nitrogen and oxygen atoms in total. The Kier molecular flexibility index (Phi) is 5.11. The lowest BCUT2D eigenvalue weighted by Crippen LogP contribution is -2.44. The first kappa shape index (κ1) is 15.5. The zero-order valence-corrected chi connectivity index (χ0v) is 14.5. The summed E-state index contributed by atoms with van der Waals surface area (Å²) in [6, 6.07) is 13.9. The van der Waals surface area contributed by atoms with Crippen molar-refractivity contribution in [3.05, 3.63) is 58.8 Å². The fourth-order valence-electron chi connectivity index (χ4n) is 3.12. The maximum atomic E-state index is 4.12. The zero-order chi connectivity index (χ0) is 15.4. The number of hydrogen-bond acceptors (Lipinski definition) is 3. The molecule has 2 aromatic rings. The van der Waals surface area contributed by atoms with Gasteiger partial charge < -0.3 is 5.32 Å². The van der Waals surface area contributed by atoms with Gasteiger partial charge >= 0.3 is 0 Å². The van der Waals surface area contributed by atoms with Crippen molar-refractivity contribution in [2.45, 2.75) is 38.4 Å². The van der Waals surface area contributed by atoms with Gasteiger partial charge in [0.05, 0.1) is 10.2 Å². The van der Waals surface area contributed by atoms with E-state index in [-0.39, 0.29) is 0 Å². The van der Waals surface area contributed by atoms with Crippen LogP contribution in [-0.4, -0.2) is 28.5 Å². The molecule has 2 atom stereocenters. The van der Waals surface area contributed by atoms with E-state index in [2.05, 4.69) is 68.4 Å². The smallest absolute Gasteiger partial charge is 0.0590 e. The number of rotatable bonds is 4. The molecule has 0 amide bonds. The van der Waals surface area contributed by atoms with E-state index in [0.717, 1.165) is 23.2 Å². The van der Waals surface area contributed by atoms with Crippen LogP contribution in [0.4, 0.5) is 5.69 Å². The molecule has 0 spiro atoms. The molecule has 1 N–H and O–H groups in total. The minimum atomic E-state index is 0.528. The largest absolute Gasteiger partial charge is 0.381 e. The van der Waals surface area contributed by atoms with Gasteiger partial charge in [0.2, 0.25) is 0 Å². The summed E-state index contributed by atoms with van der Waals surface area (Å²) in [5.41, 5.74) is 2.54. The first-order valence-corrected chi connectivity index (χ1v) is 8.65. The lowest BCUT2D eigenvalue weighted by molar-refractivity contribution is 0.144. The molecule has 0 aliphatic carbocycles. The van der Waals surface area contributed by atoms with Crippen LogP contribution in [0.3, 0.4) is 0 Å². The fourth-order valence-corrected chi connectivity index (χ4v) is 3.48. The molecule has 4 heteroatoms. The number of hydrogen-bond donors (Lipinski definition) is 1. The SMILES string of the molecule is CC1CC(Nc2ccncc2Br)CCN1Cc1ccccc1. The Hall–Kier alpha value is -1.39. The predicted molar refractivity (Wildman–Crippen MR) is 94.9 cm³/mol. The molecule has 1 aromatic carbocycles. The standard InChI is InChI=1S/C18H22BrN3/c1-14-11-16(21-18-7-9-20-12-17(18)19)8-10-22(14)13-15-5-3-2-4-6-15/h2-7,9,12,14,16H,8,10-11,13H2,1H3,(H,20,21). The molecular weight excluding hydrogens is 338 g/mol. The summed E-state index contributed by atoms with van der Waals surface area (Å²) in [4.78, 5) is 6.70. The third kappa shape index (κ3) is 3.87. The van der Waals surface area contributed by atoms with Crippen molar-refractivity contribution in [1.29, 1.82) is 0 Å². The first-order valence-electron chi connectivity index (χ1n) is 7.86. The van der Waals surface area contributed by atoms with Crippen molar-refractivity contribution >= 4 is 21.6 Å². The number of halogens is 1. The van der Waals surface area contributed by atoms with Crippen LogP contribution in [0, 0.1) is 0 Å². The Labute approximate surface area is 140 Å². The first-order chi connectivity index (χ1) is 10.7. The highest BCUT2D eigenvalue weighted by Crippen LogP contribution is 2.26. The number of benzene rings is 1. The summed E-state index contributed by atoms with van der Waals surface area (Å²) >= 11 is 3.56. The van der Waals surface area contributed by atoms with Crippen LogP contribution in [-0.2, 0) is 6.54 Å². The third-order valence-electron chi connectivity index (χ3n) is 4.37. The highest BCUT2D eigenvalue weighted by Gasteiger charge is 2.25. The van der Waals surface area contributed by atoms with Crippen LogP contribution in [0.1, 0.15) is 25.3 Å². The van der Waals surface area contributed by atoms with E-state index in [0.29, 0.717) is 12.1 Å². The van der Waals surface area contributed by atoms with Gasteiger partial charge in [-0.1, -0.05) is 30.3 Å². The van der Waals surface area contributed by atoms with Crippen LogP contribution < -0.4 is 5.32 Å². The van der Waals surface area contributed by atoms with E-state index in [1.807, 2.05) is 18.5 Å². The maximum Gasteiger partial charge on any atom is 0.0590 e. The topological polar surface area (TPSA) is 28.2 Å². The van der Waals surface area contributed by atoms with Gasteiger partial charge in [-0.25, -0.2) is 0 Å². The van der Waals surface area contributed by atoms with Crippen LogP contribution in [0.15, 0.2) is 53.3 Å². The Morgan fingerprint density at radius 2 is 2.09 bits per heavy atom. The number of pyridine rings is 1. The molecule has 0 saturated carbocycles. The summed E-state index contributed by atoms with van der Waals surface area (Å²) in [6.07, 6.45) is 6.02. The molecule has 3 rings (SSSR count). The molecule has 22 heavy (non-hydrogen) atoms. The molecular formula is C18H22BrN3. The van der Waals surface area contributed by atoms with Crippen molar-refractivity contribution in [1.82, 2.24) is 9.88 Å². The summed E-state index contributed by atoms with van der Waals surface area (Å²) in [5, 5.41) is 3.65. The van der Waals surface area contributed by atoms with Crippen LogP contribution >= 0.6 is 15.9 Å². The average Bonchev–Trinajstić information content (AvgIpc) is 2.53. The second-order valence-electron chi connectivity index (χ2n) is 6.03. The number of nitrogens with one attached hydrogen (secondary N) is 1. The van der Waals surface area contributed by atoms with Gasteiger partial charge in [0.25, 0.3) is 0 Å². The lowest BCUT2D eigenvalue weighted by Gasteiger charge is -2.38. The number of nitrogens with zero attached hydrogens (tertiary/aromatic N) is 2. The molecule has 0 bridgehead atoms. The molecule has 2 heterocycles. The third-order valence-corrected chi connectivity index (χ3v) is 5.01. The monoisotopic (exact) mass is 359 g/mol. The minimum Gasteiger partial charge on any atom is -0.381 e. The molecule has 2 unspecified atom stereocenters. The number of anilines is 1. The van der Waals surface area contributed by atoms with Gasteiger partial charge in [-0.15, -0.1) is 0 Å². The van der Waals surface area contributed by atoms with Gasteiger partial charge in [0.1, 0.15) is 0 Å². The fraction of sp³-hybridized carbons (Fsp3) is 0.389. The van der Waals surface area contributed by atoms with Crippen molar-refractivity contribution in [2.24, 2.45) is 0 Å². The van der Waals surface area contributed by atoms with E-state index >= 15 is 0 Å². The highest BCUT2D eigenvalue weighted by atomic mass is 79.9. The van der Waals surface area contributed by atoms with E-state index in [1.165, 1.54) is 18.4 Å². The average molecular weight is 360 g/mol. The van der Waals surface area contributed by atoms with Crippen LogP contribution in [0.5, 0.6) is 0 Å². The summed E-state index contributed by atoms with van der Waals surface area (Å²) in [7, 11) is 0. The molecule has 1 aromatic heterocycles. The van der Waals surface area contributed by atoms with Gasteiger partial charge in [-0.2, -0.15) is 0 Å². The van der Waals surface area contributed by atoms with E-state index in [9.17, 15) is 0 Å². The summed E-state index contributed by atoms with van der Waals surface area (Å²) in [5.74, 6) is 0. The lowest BCUT2D eigenvalue weighted by atomic mass is 9.97. The molecule has 1 aliphatic heterocycles. The highest BCUT2D eigenvalue weighted by molar-refractivity contribution is 9.10. The summed E-state index contributed by atoms with van der Waals surface area (Å²) < 4.78 is 1.04. The Bertz CT molecular complexity index is 602. The van der Waals surface area contributed by atoms with Crippen molar-refractivity contribution in [3.63, 3.8) is 0 Å². The second-order valence-corrected chi connectivity index (χ2v) is 6.88. The molecule has 1 saturated heterocycles. The number of likely N-dealkylation sites (tertiary alicyclic amines) is 1. The van der Waals surface area contributed by atoms with Crippen molar-refractivity contribution in [3.8, 4) is 0 Å². The van der Waals surface area contributed by atoms with Crippen molar-refractivity contribution < 1.29 is 0 Å². The van der Waals surface area contributed by atoms with E-state index < -0.39 is 0 Å². The van der Waals surface area contributed by atoms with Crippen LogP contribution in [0.2, 0.25) is 0 Å². The molecule has 1 fully saturated rings. The normalized spacial score (nSPS) is 22.5. The quantitative estimate of drug-likeness (QED) is 0.881. The van der Waals surface area contributed by atoms with Crippen LogP contribution in [0.25, 0.3) is 0 Å². The van der Waals surface area contributed by atoms with Crippen molar-refractivity contribution in [2.75, 3.05) is 11.9 Å². The Balaban J connectivity index is 1.57. The molecule has 0 radical (unpaired) electrons. The van der Waals surface area contributed by atoms with E-state index in [1.54, 1.807) is 0 Å². The predicted octanol–water partition coefficient (Wildman–Crippen LogP) is 4.31. The number of aromatic nitrogens is 1. The zero-order valence-electron chi connectivity index (χ0n) is 12.9. The number of piperidine rings is 1. The minimum absolute atomic E-state index is 0.528. The second kappa shape index (κ2) is 7.25. The molecule has 1 aliphatic rings. The molecule has 116 valence electrons. The van der Waals surface area contributed by atoms with E-state index in [4.69, 9.17) is 0 Å². The van der Waals surface area contributed by atoms with Gasteiger partial charge in [0.15, 0.2) is 0 Å². The van der Waals surface area contributed by atoms with Gasteiger partial charge in [-0.3, -0.25) is 9.88 Å². The Morgan fingerprint density at radius 3 is 2.82 bits per heavy atom. The summed E-state index contributed by atoms with van der Waals surface area (Å²) in [6.45, 7) is 4.52. The Morgan fingerprint density at radius 1 is 1.27 bits per heavy atom. The van der Waals surface area contributed by atoms with Gasteiger partial charge in [-0.05, 0) is 47.3 Å².